The molecule has 21 nitrogen and oxygen atoms in total. The molecule has 8 rings (SSSR count). The van der Waals surface area contributed by atoms with E-state index < -0.39 is 41.4 Å². The second kappa shape index (κ2) is 24.9. The van der Waals surface area contributed by atoms with E-state index in [4.69, 9.17) is 30.3 Å². The number of hydrogen-bond donors (Lipinski definition) is 3. The van der Waals surface area contributed by atoms with E-state index in [0.29, 0.717) is 113 Å². The maximum absolute atomic E-state index is 14.9. The van der Waals surface area contributed by atoms with E-state index in [0.717, 1.165) is 4.90 Å². The summed E-state index contributed by atoms with van der Waals surface area (Å²) in [4.78, 5) is 98.5. The van der Waals surface area contributed by atoms with E-state index in [1.165, 1.54) is 37.6 Å². The minimum atomic E-state index is -1.04. The Balaban J connectivity index is 0.721. The van der Waals surface area contributed by atoms with E-state index in [1.54, 1.807) is 53.7 Å². The fourth-order valence-electron chi connectivity index (χ4n) is 8.65. The van der Waals surface area contributed by atoms with Crippen molar-refractivity contribution < 1.29 is 56.8 Å². The Morgan fingerprint density at radius 3 is 2.27 bits per heavy atom. The molecule has 0 aliphatic carbocycles. The highest BCUT2D eigenvalue weighted by molar-refractivity contribution is 6.25. The zero-order valence-electron chi connectivity index (χ0n) is 40.5. The van der Waals surface area contributed by atoms with Crippen LogP contribution in [0, 0.1) is 12.4 Å². The van der Waals surface area contributed by atoms with Crippen LogP contribution in [0.25, 0.3) is 27.4 Å². The zero-order chi connectivity index (χ0) is 52.0. The fraction of sp³-hybridized carbons (Fsp3) is 0.346. The quantitative estimate of drug-likeness (QED) is 0.0454. The Morgan fingerprint density at radius 1 is 0.811 bits per heavy atom. The number of anilines is 3. The van der Waals surface area contributed by atoms with E-state index in [1.807, 2.05) is 6.07 Å². The third-order valence-corrected chi connectivity index (χ3v) is 12.4. The molecule has 6 amide bonds. The Hall–Kier alpha value is -8.23. The Kier molecular flexibility index (Phi) is 17.6. The number of methoxy groups -OCH3 is 1. The summed E-state index contributed by atoms with van der Waals surface area (Å²) in [6.07, 6.45) is 4.85. The van der Waals surface area contributed by atoms with Gasteiger partial charge < -0.3 is 44.1 Å². The lowest BCUT2D eigenvalue weighted by Gasteiger charge is -2.37. The highest BCUT2D eigenvalue weighted by Gasteiger charge is 2.45. The summed E-state index contributed by atoms with van der Waals surface area (Å²) in [5, 5.41) is 8.28. The Bertz CT molecular complexity index is 2940. The number of nitrogens with zero attached hydrogens (tertiary/aromatic N) is 7. The van der Waals surface area contributed by atoms with E-state index in [2.05, 4.69) is 40.6 Å². The van der Waals surface area contributed by atoms with Gasteiger partial charge in [-0.2, -0.15) is 0 Å². The van der Waals surface area contributed by atoms with Crippen LogP contribution in [0.1, 0.15) is 50.5 Å². The first-order chi connectivity index (χ1) is 36.1. The zero-order valence-corrected chi connectivity index (χ0v) is 40.5. The molecule has 5 aromatic rings. The molecule has 1 unspecified atom stereocenters. The molecule has 3 N–H and O–H groups in total. The summed E-state index contributed by atoms with van der Waals surface area (Å²) >= 11 is 0. The number of carbonyl (C=O) groups excluding carboxylic acids is 6. The molecular weight excluding hydrogens is 960 g/mol. The van der Waals surface area contributed by atoms with Crippen LogP contribution < -0.4 is 25.6 Å². The van der Waals surface area contributed by atoms with Gasteiger partial charge in [0, 0.05) is 69.0 Å². The first-order valence-electron chi connectivity index (χ1n) is 23.9. The van der Waals surface area contributed by atoms with E-state index in [-0.39, 0.29) is 65.7 Å². The number of fused-ring (bicyclic) bond motifs is 1. The minimum absolute atomic E-state index is 0.00171. The monoisotopic (exact) mass is 1010 g/mol. The maximum Gasteiger partial charge on any atom is 0.274 e. The van der Waals surface area contributed by atoms with Gasteiger partial charge >= 0.3 is 0 Å². The number of piperidine rings is 1. The second-order valence-corrected chi connectivity index (χ2v) is 16.9. The molecule has 74 heavy (non-hydrogen) atoms. The summed E-state index contributed by atoms with van der Waals surface area (Å²) in [5.74, 6) is -3.28. The van der Waals surface area contributed by atoms with Crippen LogP contribution in [-0.4, -0.2) is 159 Å². The van der Waals surface area contributed by atoms with Gasteiger partial charge in [0.05, 0.1) is 101 Å². The molecule has 5 heterocycles. The average molecular weight is 1010 g/mol. The largest absolute Gasteiger partial charge is 0.496 e. The van der Waals surface area contributed by atoms with Gasteiger partial charge in [-0.1, -0.05) is 18.2 Å². The smallest absolute Gasteiger partial charge is 0.274 e. The van der Waals surface area contributed by atoms with Crippen molar-refractivity contribution in [1.29, 1.82) is 0 Å². The van der Waals surface area contributed by atoms with Crippen molar-refractivity contribution in [2.24, 2.45) is 0 Å². The van der Waals surface area contributed by atoms with Crippen molar-refractivity contribution in [2.75, 3.05) is 108 Å². The number of ether oxygens (including phenoxy) is 5. The summed E-state index contributed by atoms with van der Waals surface area (Å²) in [7, 11) is 1.41. The number of pyridine rings is 1. The van der Waals surface area contributed by atoms with Gasteiger partial charge in [0.15, 0.2) is 11.5 Å². The minimum Gasteiger partial charge on any atom is -0.496 e. The third kappa shape index (κ3) is 12.3. The molecule has 0 spiro atoms. The predicted octanol–water partition coefficient (Wildman–Crippen LogP) is 4.77. The maximum atomic E-state index is 14.9. The normalized spacial score (nSPS) is 15.4. The van der Waals surface area contributed by atoms with Gasteiger partial charge in [0.1, 0.15) is 23.3 Å². The number of piperazine rings is 1. The highest BCUT2D eigenvalue weighted by atomic mass is 19.1. The van der Waals surface area contributed by atoms with Crippen LogP contribution >= 0.6 is 0 Å². The first kappa shape index (κ1) is 52.1. The fourth-order valence-corrected chi connectivity index (χ4v) is 8.65. The number of halogens is 1. The molecule has 3 aliphatic heterocycles. The van der Waals surface area contributed by atoms with Crippen molar-refractivity contribution in [2.45, 2.75) is 25.3 Å². The Labute approximate surface area is 425 Å². The van der Waals surface area contributed by atoms with Gasteiger partial charge in [0.25, 0.3) is 17.7 Å². The standard InChI is InChI=1S/C52H53FN10O11/c1-54-37-13-16-55-32-35(37)33-9-10-38(59-49(66)40-14-17-57-48(58-40)47-36(53)6-4-8-43(47)70-2)42(31-33)61-19-21-62(22-20-61)45(65)15-23-71-25-27-73-29-30-74-28-26-72-24-18-56-39-7-3-5-34-46(39)52(69)63(51(34)68)41-11-12-44(64)60-50(41)67/h3-10,13-14,16-17,31-32,41,56H,11-12,15,18-30H2,2H3,(H,59,66)(H,60,64,67). The van der Waals surface area contributed by atoms with Gasteiger partial charge in [-0.05, 0) is 60.5 Å². The van der Waals surface area contributed by atoms with Crippen LogP contribution in [0.4, 0.5) is 27.1 Å². The number of hydrogen-bond acceptors (Lipinski definition) is 16. The molecule has 384 valence electrons. The second-order valence-electron chi connectivity index (χ2n) is 16.9. The Morgan fingerprint density at radius 2 is 1.54 bits per heavy atom. The molecule has 0 radical (unpaired) electrons. The number of imide groups is 2. The van der Waals surface area contributed by atoms with Gasteiger partial charge in [-0.25, -0.2) is 19.2 Å². The summed E-state index contributed by atoms with van der Waals surface area (Å²) < 4.78 is 42.7. The van der Waals surface area contributed by atoms with Crippen LogP contribution in [0.3, 0.4) is 0 Å². The summed E-state index contributed by atoms with van der Waals surface area (Å²) in [5.41, 5.74) is 3.73. The van der Waals surface area contributed by atoms with Gasteiger partial charge in [0.2, 0.25) is 17.7 Å². The lowest BCUT2D eigenvalue weighted by Crippen LogP contribution is -2.54. The molecule has 1 atom stereocenters. The van der Waals surface area contributed by atoms with E-state index >= 15 is 0 Å². The van der Waals surface area contributed by atoms with Crippen LogP contribution in [0.15, 0.2) is 85.3 Å². The van der Waals surface area contributed by atoms with Crippen LogP contribution in [0.2, 0.25) is 0 Å². The number of rotatable bonds is 23. The van der Waals surface area contributed by atoms with Crippen molar-refractivity contribution in [3.8, 4) is 28.3 Å². The highest BCUT2D eigenvalue weighted by Crippen LogP contribution is 2.37. The summed E-state index contributed by atoms with van der Waals surface area (Å²) in [6.45, 7) is 12.2. The molecule has 3 aromatic carbocycles. The van der Waals surface area contributed by atoms with Crippen LogP contribution in [0.5, 0.6) is 5.75 Å². The number of amides is 6. The predicted molar refractivity (Wildman–Crippen MR) is 266 cm³/mol. The molecule has 0 saturated carbocycles. The van der Waals surface area contributed by atoms with E-state index in [9.17, 15) is 33.2 Å². The molecule has 2 fully saturated rings. The average Bonchev–Trinajstić information content (AvgIpc) is 3.67. The van der Waals surface area contributed by atoms with Crippen molar-refractivity contribution in [3.05, 3.63) is 119 Å². The molecule has 2 saturated heterocycles. The molecule has 3 aliphatic rings. The number of benzene rings is 3. The van der Waals surface area contributed by atoms with Crippen molar-refractivity contribution >= 4 is 58.2 Å². The molecule has 0 bridgehead atoms. The summed E-state index contributed by atoms with van der Waals surface area (Å²) in [6, 6.07) is 16.6. The van der Waals surface area contributed by atoms with Crippen LogP contribution in [-0.2, 0) is 33.3 Å². The van der Waals surface area contributed by atoms with Gasteiger partial charge in [-0.15, -0.1) is 0 Å². The molecule has 22 heteroatoms. The van der Waals surface area contributed by atoms with Crippen molar-refractivity contribution in [1.82, 2.24) is 30.1 Å². The number of aromatic nitrogens is 3. The molecular formula is C52H53FN10O11. The first-order valence-corrected chi connectivity index (χ1v) is 23.9. The topological polar surface area (TPSA) is 237 Å². The lowest BCUT2D eigenvalue weighted by molar-refractivity contribution is -0.136. The third-order valence-electron chi connectivity index (χ3n) is 12.4. The number of nitrogens with one attached hydrogen (secondary N) is 3. The SMILES string of the molecule is [C-]#[N+]c1ccncc1-c1ccc(NC(=O)c2ccnc(-c3c(F)cccc3OC)n2)c(N2CCN(C(=O)CCOCCOCCOCCOCCNc3cccc4c3C(=O)N(C3CCC(=O)NC3=O)C4=O)CC2)c1. The lowest BCUT2D eigenvalue weighted by atomic mass is 10.0. The van der Waals surface area contributed by atoms with Gasteiger partial charge in [-0.3, -0.25) is 44.0 Å². The number of carbonyl (C=O) groups is 6. The molecule has 2 aromatic heterocycles. The van der Waals surface area contributed by atoms with Crippen molar-refractivity contribution in [3.63, 3.8) is 0 Å².